The first-order chi connectivity index (χ1) is 14.2. The number of likely N-dealkylation sites (tertiary alicyclic amines) is 1. The fourth-order valence-corrected chi connectivity index (χ4v) is 4.45. The highest BCUT2D eigenvalue weighted by Crippen LogP contribution is 2.27. The molecule has 1 aromatic carbocycles. The summed E-state index contributed by atoms with van der Waals surface area (Å²) in [5.74, 6) is 0.870. The van der Waals surface area contributed by atoms with Gasteiger partial charge in [-0.15, -0.1) is 24.0 Å². The lowest BCUT2D eigenvalue weighted by Gasteiger charge is -2.33. The molecule has 1 aromatic heterocycles. The standard InChI is InChI=1S/C22H30ClN5S.HI/c1-24-22(26-15-21(29-2)17-6-5-7-18(23)14-17)27-19-9-12-28(13-10-19)16-20-8-3-4-11-25-20;/h3-8,11,14,19,21H,9-10,12-13,15-16H2,1-2H3,(H2,24,26,27);1H. The Kier molecular flexibility index (Phi) is 11.3. The van der Waals surface area contributed by atoms with E-state index in [2.05, 4.69) is 50.0 Å². The summed E-state index contributed by atoms with van der Waals surface area (Å²) in [7, 11) is 1.83. The Hall–Kier alpha value is -1.03. The van der Waals surface area contributed by atoms with Gasteiger partial charge in [0.2, 0.25) is 0 Å². The van der Waals surface area contributed by atoms with Crippen molar-refractivity contribution in [3.63, 3.8) is 0 Å². The van der Waals surface area contributed by atoms with Gasteiger partial charge in [0.1, 0.15) is 0 Å². The van der Waals surface area contributed by atoms with Crippen LogP contribution < -0.4 is 10.6 Å². The van der Waals surface area contributed by atoms with Crippen LogP contribution in [0.3, 0.4) is 0 Å². The van der Waals surface area contributed by atoms with Crippen molar-refractivity contribution in [1.29, 1.82) is 0 Å². The summed E-state index contributed by atoms with van der Waals surface area (Å²) in [6.07, 6.45) is 6.20. The van der Waals surface area contributed by atoms with Gasteiger partial charge in [-0.2, -0.15) is 11.8 Å². The molecule has 0 bridgehead atoms. The monoisotopic (exact) mass is 559 g/mol. The molecule has 2 N–H and O–H groups in total. The summed E-state index contributed by atoms with van der Waals surface area (Å²) in [5, 5.41) is 8.19. The zero-order valence-corrected chi connectivity index (χ0v) is 21.5. The van der Waals surface area contributed by atoms with E-state index in [4.69, 9.17) is 11.6 Å². The van der Waals surface area contributed by atoms with Crippen LogP contribution in [0, 0.1) is 0 Å². The molecular formula is C22H31ClIN5S. The maximum atomic E-state index is 6.15. The fourth-order valence-electron chi connectivity index (χ4n) is 3.58. The Bertz CT molecular complexity index is 784. The minimum absolute atomic E-state index is 0. The Morgan fingerprint density at radius 1 is 1.27 bits per heavy atom. The molecule has 2 heterocycles. The van der Waals surface area contributed by atoms with E-state index in [0.717, 1.165) is 55.7 Å². The number of piperidine rings is 1. The van der Waals surface area contributed by atoms with E-state index >= 15 is 0 Å². The lowest BCUT2D eigenvalue weighted by molar-refractivity contribution is 0.196. The number of thioether (sulfide) groups is 1. The molecule has 164 valence electrons. The summed E-state index contributed by atoms with van der Waals surface area (Å²) in [6.45, 7) is 3.87. The minimum Gasteiger partial charge on any atom is -0.355 e. The summed E-state index contributed by atoms with van der Waals surface area (Å²) in [4.78, 5) is 11.3. The largest absolute Gasteiger partial charge is 0.355 e. The number of nitrogens with one attached hydrogen (secondary N) is 2. The Labute approximate surface area is 206 Å². The zero-order chi connectivity index (χ0) is 20.5. The summed E-state index contributed by atoms with van der Waals surface area (Å²) >= 11 is 7.97. The van der Waals surface area contributed by atoms with Crippen molar-refractivity contribution >= 4 is 53.3 Å². The molecule has 5 nitrogen and oxygen atoms in total. The van der Waals surface area contributed by atoms with Crippen molar-refractivity contribution < 1.29 is 0 Å². The quantitative estimate of drug-likeness (QED) is 0.295. The third kappa shape index (κ3) is 7.90. The number of hydrogen-bond donors (Lipinski definition) is 2. The lowest BCUT2D eigenvalue weighted by Crippen LogP contribution is -2.49. The molecule has 0 aliphatic carbocycles. The highest BCUT2D eigenvalue weighted by molar-refractivity contribution is 14.0. The average molecular weight is 560 g/mol. The minimum atomic E-state index is 0. The molecule has 1 unspecified atom stereocenters. The van der Waals surface area contributed by atoms with Crippen LogP contribution in [-0.2, 0) is 6.54 Å². The number of hydrogen-bond acceptors (Lipinski definition) is 4. The predicted molar refractivity (Wildman–Crippen MR) is 140 cm³/mol. The molecule has 1 aliphatic heterocycles. The number of benzene rings is 1. The molecule has 0 spiro atoms. The van der Waals surface area contributed by atoms with E-state index in [9.17, 15) is 0 Å². The smallest absolute Gasteiger partial charge is 0.191 e. The SMILES string of the molecule is CN=C(NCC(SC)c1cccc(Cl)c1)NC1CCN(Cc2ccccn2)CC1.I. The fraction of sp³-hybridized carbons (Fsp3) is 0.455. The molecule has 1 fully saturated rings. The molecule has 1 atom stereocenters. The first kappa shape index (κ1) is 25.2. The molecule has 1 aliphatic rings. The number of pyridine rings is 1. The van der Waals surface area contributed by atoms with E-state index in [1.165, 1.54) is 5.56 Å². The van der Waals surface area contributed by atoms with Crippen molar-refractivity contribution in [3.8, 4) is 0 Å². The Morgan fingerprint density at radius 2 is 2.07 bits per heavy atom. The van der Waals surface area contributed by atoms with Gasteiger partial charge < -0.3 is 10.6 Å². The Balaban J connectivity index is 0.00000320. The first-order valence-electron chi connectivity index (χ1n) is 10.1. The molecular weight excluding hydrogens is 529 g/mol. The Morgan fingerprint density at radius 3 is 2.70 bits per heavy atom. The molecule has 8 heteroatoms. The third-order valence-electron chi connectivity index (χ3n) is 5.22. The van der Waals surface area contributed by atoms with Crippen molar-refractivity contribution in [3.05, 3.63) is 64.9 Å². The predicted octanol–water partition coefficient (Wildman–Crippen LogP) is 4.59. The van der Waals surface area contributed by atoms with Gasteiger partial charge in [-0.1, -0.05) is 29.8 Å². The number of aliphatic imine (C=N–C) groups is 1. The van der Waals surface area contributed by atoms with Crippen molar-refractivity contribution in [2.75, 3.05) is 32.9 Å². The third-order valence-corrected chi connectivity index (χ3v) is 6.47. The second kappa shape index (κ2) is 13.4. The van der Waals surface area contributed by atoms with Crippen molar-refractivity contribution in [2.24, 2.45) is 4.99 Å². The van der Waals surface area contributed by atoms with Crippen LogP contribution in [0.4, 0.5) is 0 Å². The normalized spacial score (nSPS) is 16.6. The summed E-state index contributed by atoms with van der Waals surface area (Å²) < 4.78 is 0. The van der Waals surface area contributed by atoms with E-state index in [0.29, 0.717) is 11.3 Å². The van der Waals surface area contributed by atoms with Crippen LogP contribution in [0.25, 0.3) is 0 Å². The number of aromatic nitrogens is 1. The van der Waals surface area contributed by atoms with E-state index in [-0.39, 0.29) is 24.0 Å². The maximum absolute atomic E-state index is 6.15. The van der Waals surface area contributed by atoms with Gasteiger partial charge in [-0.25, -0.2) is 0 Å². The number of guanidine groups is 1. The lowest BCUT2D eigenvalue weighted by atomic mass is 10.0. The van der Waals surface area contributed by atoms with Crippen LogP contribution in [0.2, 0.25) is 5.02 Å². The highest BCUT2D eigenvalue weighted by Gasteiger charge is 2.20. The van der Waals surface area contributed by atoms with E-state index in [1.54, 1.807) is 0 Å². The molecule has 30 heavy (non-hydrogen) atoms. The van der Waals surface area contributed by atoms with E-state index < -0.39 is 0 Å². The summed E-state index contributed by atoms with van der Waals surface area (Å²) in [6, 6.07) is 14.6. The average Bonchev–Trinajstić information content (AvgIpc) is 2.75. The molecule has 0 radical (unpaired) electrons. The molecule has 3 rings (SSSR count). The van der Waals surface area contributed by atoms with Crippen LogP contribution in [0.15, 0.2) is 53.7 Å². The van der Waals surface area contributed by atoms with Crippen LogP contribution in [0.1, 0.15) is 29.3 Å². The van der Waals surface area contributed by atoms with Crippen molar-refractivity contribution in [1.82, 2.24) is 20.5 Å². The number of nitrogens with zero attached hydrogens (tertiary/aromatic N) is 3. The van der Waals surface area contributed by atoms with Gasteiger partial charge in [0.25, 0.3) is 0 Å². The highest BCUT2D eigenvalue weighted by atomic mass is 127. The second-order valence-corrected chi connectivity index (χ2v) is 8.73. The van der Waals surface area contributed by atoms with Gasteiger partial charge in [-0.3, -0.25) is 14.9 Å². The zero-order valence-electron chi connectivity index (χ0n) is 17.6. The van der Waals surface area contributed by atoms with Gasteiger partial charge >= 0.3 is 0 Å². The summed E-state index contributed by atoms with van der Waals surface area (Å²) in [5.41, 5.74) is 2.37. The van der Waals surface area contributed by atoms with Crippen molar-refractivity contribution in [2.45, 2.75) is 30.7 Å². The van der Waals surface area contributed by atoms with Gasteiger partial charge in [0, 0.05) is 55.7 Å². The molecule has 1 saturated heterocycles. The first-order valence-corrected chi connectivity index (χ1v) is 11.7. The van der Waals surface area contributed by atoms with Gasteiger partial charge in [-0.05, 0) is 48.9 Å². The van der Waals surface area contributed by atoms with E-state index in [1.807, 2.05) is 49.3 Å². The molecule has 0 saturated carbocycles. The second-order valence-electron chi connectivity index (χ2n) is 7.25. The maximum Gasteiger partial charge on any atom is 0.191 e. The van der Waals surface area contributed by atoms with Crippen LogP contribution in [0.5, 0.6) is 0 Å². The molecule has 2 aromatic rings. The van der Waals surface area contributed by atoms with Gasteiger partial charge in [0.15, 0.2) is 5.96 Å². The molecule has 0 amide bonds. The van der Waals surface area contributed by atoms with Gasteiger partial charge in [0.05, 0.1) is 5.69 Å². The number of rotatable bonds is 7. The number of halogens is 2. The van der Waals surface area contributed by atoms with Crippen LogP contribution >= 0.6 is 47.3 Å². The van der Waals surface area contributed by atoms with Crippen LogP contribution in [-0.4, -0.2) is 54.8 Å². The topological polar surface area (TPSA) is 52.6 Å².